The minimum absolute atomic E-state index is 0.0697. The maximum Gasteiger partial charge on any atom is 0.353 e. The Bertz CT molecular complexity index is 685. The molecule has 0 spiro atoms. The number of rotatable bonds is 3. The molecule has 0 saturated heterocycles. The quantitative estimate of drug-likeness (QED) is 0.765. The lowest BCUT2D eigenvalue weighted by molar-refractivity contribution is 0.0690. The lowest BCUT2D eigenvalue weighted by Gasteiger charge is -2.07. The van der Waals surface area contributed by atoms with Crippen LogP contribution in [0.2, 0.25) is 0 Å². The normalized spacial score (nSPS) is 9.89. The van der Waals surface area contributed by atoms with Crippen molar-refractivity contribution >= 4 is 5.97 Å². The van der Waals surface area contributed by atoms with Gasteiger partial charge in [-0.05, 0) is 18.2 Å². The topological polar surface area (TPSA) is 119 Å². The molecule has 0 aliphatic rings. The molecule has 0 aliphatic carbocycles. The van der Waals surface area contributed by atoms with Gasteiger partial charge in [-0.1, -0.05) is 0 Å². The number of carboxylic acid groups (broad SMARTS) is 1. The van der Waals surface area contributed by atoms with Crippen molar-refractivity contribution in [1.29, 1.82) is 5.26 Å². The summed E-state index contributed by atoms with van der Waals surface area (Å²) in [4.78, 5) is 10.7. The number of phenolic OH excluding ortho intramolecular Hbond substituents is 1. The number of aromatic nitrogens is 2. The number of hydrogen-bond acceptors (Lipinski definition) is 5. The fourth-order valence-corrected chi connectivity index (χ4v) is 1.64. The van der Waals surface area contributed by atoms with Crippen LogP contribution in [0.25, 0.3) is 11.3 Å². The fourth-order valence-electron chi connectivity index (χ4n) is 1.64. The second-order valence-electron chi connectivity index (χ2n) is 3.66. The summed E-state index contributed by atoms with van der Waals surface area (Å²) in [5, 5.41) is 33.7. The monoisotopic (exact) mass is 259 g/mol. The summed E-state index contributed by atoms with van der Waals surface area (Å²) in [7, 11) is 1.34. The van der Waals surface area contributed by atoms with Gasteiger partial charge in [-0.3, -0.25) is 5.10 Å². The lowest BCUT2D eigenvalue weighted by atomic mass is 10.1. The minimum atomic E-state index is -1.14. The molecule has 19 heavy (non-hydrogen) atoms. The lowest BCUT2D eigenvalue weighted by Crippen LogP contribution is -1.95. The Morgan fingerprint density at radius 3 is 2.74 bits per heavy atom. The van der Waals surface area contributed by atoms with Crippen molar-refractivity contribution in [3.63, 3.8) is 0 Å². The predicted octanol–water partition coefficient (Wildman–Crippen LogP) is 1.36. The van der Waals surface area contributed by atoms with Crippen molar-refractivity contribution in [3.05, 3.63) is 29.5 Å². The standard InChI is InChI=1S/C12H9N3O4/c1-19-11-7(5-13)2-6(3-10(11)16)8-4-9(12(17)18)15-14-8/h2-4,16H,1H3,(H,14,15)(H,17,18). The van der Waals surface area contributed by atoms with E-state index in [0.717, 1.165) is 0 Å². The van der Waals surface area contributed by atoms with Crippen LogP contribution in [0.4, 0.5) is 0 Å². The predicted molar refractivity (Wildman–Crippen MR) is 63.9 cm³/mol. The number of aromatic hydroxyl groups is 1. The van der Waals surface area contributed by atoms with Crippen LogP contribution >= 0.6 is 0 Å². The number of aromatic amines is 1. The molecule has 7 heteroatoms. The van der Waals surface area contributed by atoms with Crippen LogP contribution in [0, 0.1) is 11.3 Å². The number of hydrogen-bond donors (Lipinski definition) is 3. The summed E-state index contributed by atoms with van der Waals surface area (Å²) in [6, 6.07) is 6.01. The van der Waals surface area contributed by atoms with Crippen LogP contribution < -0.4 is 4.74 Å². The van der Waals surface area contributed by atoms with Gasteiger partial charge in [0.05, 0.1) is 18.4 Å². The second kappa shape index (κ2) is 4.70. The van der Waals surface area contributed by atoms with E-state index in [-0.39, 0.29) is 22.8 Å². The highest BCUT2D eigenvalue weighted by Crippen LogP contribution is 2.34. The van der Waals surface area contributed by atoms with E-state index in [2.05, 4.69) is 10.2 Å². The Balaban J connectivity index is 2.54. The molecule has 96 valence electrons. The molecule has 1 aromatic carbocycles. The number of nitriles is 1. The number of phenols is 1. The molecular weight excluding hydrogens is 250 g/mol. The number of nitrogens with zero attached hydrogens (tertiary/aromatic N) is 2. The largest absolute Gasteiger partial charge is 0.504 e. The molecule has 3 N–H and O–H groups in total. The molecule has 0 unspecified atom stereocenters. The Hall–Kier alpha value is -3.01. The van der Waals surface area contributed by atoms with Crippen molar-refractivity contribution in [3.8, 4) is 28.8 Å². The van der Waals surface area contributed by atoms with E-state index in [1.54, 1.807) is 0 Å². The number of carboxylic acids is 1. The van der Waals surface area contributed by atoms with Crippen molar-refractivity contribution in [1.82, 2.24) is 10.2 Å². The van der Waals surface area contributed by atoms with Crippen LogP contribution in [-0.2, 0) is 0 Å². The summed E-state index contributed by atoms with van der Waals surface area (Å²) in [6.45, 7) is 0. The molecule has 0 bridgehead atoms. The average molecular weight is 259 g/mol. The highest BCUT2D eigenvalue weighted by Gasteiger charge is 2.15. The summed E-state index contributed by atoms with van der Waals surface area (Å²) >= 11 is 0. The number of benzene rings is 1. The molecule has 0 atom stereocenters. The molecular formula is C12H9N3O4. The van der Waals surface area contributed by atoms with Gasteiger partial charge in [-0.2, -0.15) is 10.4 Å². The molecule has 0 saturated carbocycles. The van der Waals surface area contributed by atoms with Crippen LogP contribution in [0.15, 0.2) is 18.2 Å². The van der Waals surface area contributed by atoms with Gasteiger partial charge < -0.3 is 14.9 Å². The van der Waals surface area contributed by atoms with E-state index in [9.17, 15) is 9.90 Å². The number of methoxy groups -OCH3 is 1. The number of ether oxygens (including phenoxy) is 1. The molecule has 0 radical (unpaired) electrons. The van der Waals surface area contributed by atoms with Crippen LogP contribution in [0.1, 0.15) is 16.1 Å². The van der Waals surface area contributed by atoms with Crippen LogP contribution in [-0.4, -0.2) is 33.5 Å². The van der Waals surface area contributed by atoms with Gasteiger partial charge in [-0.25, -0.2) is 4.79 Å². The average Bonchev–Trinajstić information content (AvgIpc) is 2.87. The SMILES string of the molecule is COc1c(O)cc(-c2cc(C(=O)O)[nH]n2)cc1C#N. The Morgan fingerprint density at radius 2 is 2.21 bits per heavy atom. The Morgan fingerprint density at radius 1 is 1.47 bits per heavy atom. The van der Waals surface area contributed by atoms with E-state index in [4.69, 9.17) is 15.1 Å². The first-order valence-electron chi connectivity index (χ1n) is 5.17. The number of carbonyl (C=O) groups is 1. The highest BCUT2D eigenvalue weighted by molar-refractivity contribution is 5.87. The number of aromatic carboxylic acids is 1. The van der Waals surface area contributed by atoms with Crippen LogP contribution in [0.5, 0.6) is 11.5 Å². The third kappa shape index (κ3) is 2.19. The smallest absolute Gasteiger partial charge is 0.353 e. The van der Waals surface area contributed by atoms with Gasteiger partial charge in [0.1, 0.15) is 11.8 Å². The zero-order valence-corrected chi connectivity index (χ0v) is 9.84. The van der Waals surface area contributed by atoms with Crippen LogP contribution in [0.3, 0.4) is 0 Å². The summed E-state index contributed by atoms with van der Waals surface area (Å²) < 4.78 is 4.91. The Kier molecular flexibility index (Phi) is 3.08. The van der Waals surface area contributed by atoms with Crippen molar-refractivity contribution in [2.75, 3.05) is 7.11 Å². The maximum atomic E-state index is 10.7. The maximum absolute atomic E-state index is 10.7. The summed E-state index contributed by atoms with van der Waals surface area (Å²) in [5.41, 5.74) is 0.784. The summed E-state index contributed by atoms with van der Waals surface area (Å²) in [6.07, 6.45) is 0. The molecule has 2 rings (SSSR count). The van der Waals surface area contributed by atoms with Crippen molar-refractivity contribution in [2.24, 2.45) is 0 Å². The second-order valence-corrected chi connectivity index (χ2v) is 3.66. The summed E-state index contributed by atoms with van der Waals surface area (Å²) in [5.74, 6) is -1.28. The van der Waals surface area contributed by atoms with Gasteiger partial charge in [-0.15, -0.1) is 0 Å². The zero-order valence-electron chi connectivity index (χ0n) is 9.84. The highest BCUT2D eigenvalue weighted by atomic mass is 16.5. The van der Waals surface area contributed by atoms with E-state index in [1.807, 2.05) is 6.07 Å². The molecule has 1 heterocycles. The van der Waals surface area contributed by atoms with Gasteiger partial charge in [0.2, 0.25) is 0 Å². The Labute approximate surface area is 107 Å². The minimum Gasteiger partial charge on any atom is -0.504 e. The van der Waals surface area contributed by atoms with Gasteiger partial charge in [0.15, 0.2) is 11.5 Å². The first-order valence-corrected chi connectivity index (χ1v) is 5.17. The van der Waals surface area contributed by atoms with E-state index in [1.165, 1.54) is 25.3 Å². The van der Waals surface area contributed by atoms with Gasteiger partial charge >= 0.3 is 5.97 Å². The molecule has 1 aromatic heterocycles. The van der Waals surface area contributed by atoms with E-state index >= 15 is 0 Å². The number of nitrogens with one attached hydrogen (secondary N) is 1. The fraction of sp³-hybridized carbons (Fsp3) is 0.0833. The molecule has 0 amide bonds. The van der Waals surface area contributed by atoms with Crippen molar-refractivity contribution in [2.45, 2.75) is 0 Å². The molecule has 7 nitrogen and oxygen atoms in total. The third-order valence-corrected chi connectivity index (χ3v) is 2.50. The van der Waals surface area contributed by atoms with Gasteiger partial charge in [0.25, 0.3) is 0 Å². The van der Waals surface area contributed by atoms with E-state index in [0.29, 0.717) is 11.3 Å². The molecule has 0 aliphatic heterocycles. The van der Waals surface area contributed by atoms with Crippen molar-refractivity contribution < 1.29 is 19.7 Å². The molecule has 2 aromatic rings. The zero-order chi connectivity index (χ0) is 14.0. The van der Waals surface area contributed by atoms with Gasteiger partial charge in [0, 0.05) is 5.56 Å². The third-order valence-electron chi connectivity index (χ3n) is 2.50. The number of H-pyrrole nitrogens is 1. The first kappa shape index (κ1) is 12.4. The van der Waals surface area contributed by atoms with E-state index < -0.39 is 5.97 Å². The first-order chi connectivity index (χ1) is 9.06. The molecule has 0 fully saturated rings.